The van der Waals surface area contributed by atoms with Crippen LogP contribution < -0.4 is 4.57 Å². The van der Waals surface area contributed by atoms with Crippen LogP contribution in [-0.4, -0.2) is 0 Å². The van der Waals surface area contributed by atoms with Crippen molar-refractivity contribution >= 4 is 0 Å². The highest BCUT2D eigenvalue weighted by molar-refractivity contribution is 5.61. The van der Waals surface area contributed by atoms with E-state index in [1.165, 1.54) is 17.5 Å². The second-order valence-electron chi connectivity index (χ2n) is 4.87. The van der Waals surface area contributed by atoms with Crippen molar-refractivity contribution in [1.82, 2.24) is 0 Å². The Morgan fingerprint density at radius 1 is 0.882 bits per heavy atom. The summed E-state index contributed by atoms with van der Waals surface area (Å²) in [6, 6.07) is 14.9. The average molecular weight is 226 g/mol. The normalized spacial score (nSPS) is 10.8. The first-order chi connectivity index (χ1) is 8.25. The number of hydrogen-bond acceptors (Lipinski definition) is 0. The van der Waals surface area contributed by atoms with Crippen LogP contribution in [0.2, 0.25) is 0 Å². The molecular formula is C16H20N+. The van der Waals surface area contributed by atoms with Crippen molar-refractivity contribution in [1.29, 1.82) is 0 Å². The largest absolute Gasteiger partial charge is 0.205 e. The van der Waals surface area contributed by atoms with Gasteiger partial charge in [-0.25, -0.2) is 4.57 Å². The number of rotatable bonds is 4. The lowest BCUT2D eigenvalue weighted by atomic mass is 10.1. The third-order valence-electron chi connectivity index (χ3n) is 2.96. The van der Waals surface area contributed by atoms with Crippen molar-refractivity contribution in [3.63, 3.8) is 0 Å². The summed E-state index contributed by atoms with van der Waals surface area (Å²) in [7, 11) is 0. The number of hydrogen-bond donors (Lipinski definition) is 0. The molecule has 17 heavy (non-hydrogen) atoms. The highest BCUT2D eigenvalue weighted by Gasteiger charge is 2.03. The van der Waals surface area contributed by atoms with Crippen LogP contribution in [-0.2, 0) is 6.54 Å². The summed E-state index contributed by atoms with van der Waals surface area (Å²) in [4.78, 5) is 0. The van der Waals surface area contributed by atoms with Gasteiger partial charge < -0.3 is 0 Å². The fourth-order valence-corrected chi connectivity index (χ4v) is 1.84. The zero-order valence-corrected chi connectivity index (χ0v) is 10.6. The van der Waals surface area contributed by atoms with Crippen LogP contribution in [0.25, 0.3) is 11.1 Å². The fraction of sp³-hybridized carbons (Fsp3) is 0.312. The molecule has 0 saturated carbocycles. The first-order valence-corrected chi connectivity index (χ1v) is 6.30. The SMILES string of the molecule is CC(C)CC[n+]1ccc(-c2ccccc2)cc1. The molecule has 88 valence electrons. The molecule has 1 nitrogen and oxygen atoms in total. The van der Waals surface area contributed by atoms with Crippen molar-refractivity contribution in [2.24, 2.45) is 5.92 Å². The molecule has 1 aromatic heterocycles. The van der Waals surface area contributed by atoms with E-state index in [0.29, 0.717) is 0 Å². The van der Waals surface area contributed by atoms with E-state index in [4.69, 9.17) is 0 Å². The van der Waals surface area contributed by atoms with E-state index in [0.717, 1.165) is 12.5 Å². The number of aryl methyl sites for hydroxylation is 1. The van der Waals surface area contributed by atoms with Crippen molar-refractivity contribution in [2.75, 3.05) is 0 Å². The monoisotopic (exact) mass is 226 g/mol. The maximum absolute atomic E-state index is 2.26. The summed E-state index contributed by atoms with van der Waals surface area (Å²) >= 11 is 0. The summed E-state index contributed by atoms with van der Waals surface area (Å²) in [5, 5.41) is 0. The molecule has 0 spiro atoms. The Hall–Kier alpha value is -1.63. The standard InChI is InChI=1S/C16H20N/c1-14(2)8-11-17-12-9-16(10-13-17)15-6-4-3-5-7-15/h3-7,9-10,12-14H,8,11H2,1-2H3/q+1. The molecule has 0 radical (unpaired) electrons. The molecular weight excluding hydrogens is 206 g/mol. The Bertz CT molecular complexity index is 443. The molecule has 0 N–H and O–H groups in total. The summed E-state index contributed by atoms with van der Waals surface area (Å²) in [6.45, 7) is 5.63. The van der Waals surface area contributed by atoms with Gasteiger partial charge in [0, 0.05) is 18.6 Å². The lowest BCUT2D eigenvalue weighted by Gasteiger charge is -2.02. The molecule has 0 fully saturated rings. The second-order valence-corrected chi connectivity index (χ2v) is 4.87. The minimum atomic E-state index is 0.760. The molecule has 1 heterocycles. The van der Waals surface area contributed by atoms with Crippen molar-refractivity contribution in [3.8, 4) is 11.1 Å². The van der Waals surface area contributed by atoms with Crippen LogP contribution >= 0.6 is 0 Å². The van der Waals surface area contributed by atoms with E-state index in [-0.39, 0.29) is 0 Å². The molecule has 0 atom stereocenters. The Morgan fingerprint density at radius 2 is 1.47 bits per heavy atom. The van der Waals surface area contributed by atoms with Gasteiger partial charge in [0.2, 0.25) is 0 Å². The number of benzene rings is 1. The van der Waals surface area contributed by atoms with Crippen molar-refractivity contribution in [2.45, 2.75) is 26.8 Å². The number of nitrogens with zero attached hydrogens (tertiary/aromatic N) is 1. The Labute approximate surface area is 104 Å². The van der Waals surface area contributed by atoms with Gasteiger partial charge in [0.1, 0.15) is 6.54 Å². The van der Waals surface area contributed by atoms with E-state index < -0.39 is 0 Å². The summed E-state index contributed by atoms with van der Waals surface area (Å²) < 4.78 is 2.26. The van der Waals surface area contributed by atoms with Gasteiger partial charge in [0.05, 0.1) is 0 Å². The molecule has 1 aromatic carbocycles. The lowest BCUT2D eigenvalue weighted by Crippen LogP contribution is -2.33. The first-order valence-electron chi connectivity index (χ1n) is 6.30. The highest BCUT2D eigenvalue weighted by atomic mass is 14.9. The molecule has 0 unspecified atom stereocenters. The molecule has 0 saturated heterocycles. The van der Waals surface area contributed by atoms with Gasteiger partial charge in [-0.1, -0.05) is 44.2 Å². The predicted molar refractivity (Wildman–Crippen MR) is 71.5 cm³/mol. The molecule has 2 rings (SSSR count). The van der Waals surface area contributed by atoms with Gasteiger partial charge in [-0.3, -0.25) is 0 Å². The van der Waals surface area contributed by atoms with Crippen LogP contribution in [0, 0.1) is 5.92 Å². The second kappa shape index (κ2) is 5.62. The zero-order chi connectivity index (χ0) is 12.1. The minimum Gasteiger partial charge on any atom is -0.205 e. The predicted octanol–water partition coefficient (Wildman–Crippen LogP) is 3.69. The third kappa shape index (κ3) is 3.42. The number of aromatic nitrogens is 1. The molecule has 0 aliphatic heterocycles. The van der Waals surface area contributed by atoms with Gasteiger partial charge in [-0.2, -0.15) is 0 Å². The Morgan fingerprint density at radius 3 is 2.06 bits per heavy atom. The van der Waals surface area contributed by atoms with Crippen molar-refractivity contribution < 1.29 is 4.57 Å². The Balaban J connectivity index is 2.08. The van der Waals surface area contributed by atoms with Crippen LogP contribution in [0.3, 0.4) is 0 Å². The van der Waals surface area contributed by atoms with Crippen LogP contribution in [0.15, 0.2) is 54.9 Å². The van der Waals surface area contributed by atoms with Gasteiger partial charge in [0.25, 0.3) is 0 Å². The first kappa shape index (κ1) is 11.8. The smallest absolute Gasteiger partial charge is 0.169 e. The Kier molecular flexibility index (Phi) is 3.92. The highest BCUT2D eigenvalue weighted by Crippen LogP contribution is 2.16. The van der Waals surface area contributed by atoms with Crippen molar-refractivity contribution in [3.05, 3.63) is 54.9 Å². The van der Waals surface area contributed by atoms with Crippen LogP contribution in [0.4, 0.5) is 0 Å². The lowest BCUT2D eigenvalue weighted by molar-refractivity contribution is -0.698. The summed E-state index contributed by atoms with van der Waals surface area (Å²) in [5.41, 5.74) is 2.56. The maximum Gasteiger partial charge on any atom is 0.169 e. The van der Waals surface area contributed by atoms with Crippen LogP contribution in [0.1, 0.15) is 20.3 Å². The molecule has 0 bridgehead atoms. The average Bonchev–Trinajstić information content (AvgIpc) is 2.38. The van der Waals surface area contributed by atoms with E-state index in [1.54, 1.807) is 0 Å². The van der Waals surface area contributed by atoms with E-state index in [9.17, 15) is 0 Å². The molecule has 0 aliphatic carbocycles. The molecule has 1 heteroatoms. The summed E-state index contributed by atoms with van der Waals surface area (Å²) in [5.74, 6) is 0.760. The van der Waals surface area contributed by atoms with Gasteiger partial charge in [-0.15, -0.1) is 0 Å². The molecule has 2 aromatic rings. The van der Waals surface area contributed by atoms with E-state index in [1.807, 2.05) is 0 Å². The summed E-state index contributed by atoms with van der Waals surface area (Å²) in [6.07, 6.45) is 5.57. The topological polar surface area (TPSA) is 3.88 Å². The van der Waals surface area contributed by atoms with E-state index >= 15 is 0 Å². The third-order valence-corrected chi connectivity index (χ3v) is 2.96. The zero-order valence-electron chi connectivity index (χ0n) is 10.6. The van der Waals surface area contributed by atoms with Gasteiger partial charge in [-0.05, 0) is 17.0 Å². The molecule has 0 amide bonds. The molecule has 0 aliphatic rings. The van der Waals surface area contributed by atoms with Crippen LogP contribution in [0.5, 0.6) is 0 Å². The fourth-order valence-electron chi connectivity index (χ4n) is 1.84. The quantitative estimate of drug-likeness (QED) is 0.700. The van der Waals surface area contributed by atoms with Gasteiger partial charge >= 0.3 is 0 Å². The number of pyridine rings is 1. The minimum absolute atomic E-state index is 0.760. The van der Waals surface area contributed by atoms with Gasteiger partial charge in [0.15, 0.2) is 12.4 Å². The van der Waals surface area contributed by atoms with E-state index in [2.05, 4.69) is 73.3 Å². The maximum atomic E-state index is 2.26.